The highest BCUT2D eigenvalue weighted by atomic mass is 16.5. The summed E-state index contributed by atoms with van der Waals surface area (Å²) in [5.41, 5.74) is 4.40. The van der Waals surface area contributed by atoms with Crippen LogP contribution in [-0.2, 0) is 13.0 Å². The summed E-state index contributed by atoms with van der Waals surface area (Å²) in [5.74, 6) is 1.03. The second kappa shape index (κ2) is 8.40. The Morgan fingerprint density at radius 1 is 1.03 bits per heavy atom. The molecule has 0 atom stereocenters. The number of rotatable bonds is 5. The zero-order valence-corrected chi connectivity index (χ0v) is 17.0. The van der Waals surface area contributed by atoms with E-state index in [9.17, 15) is 4.79 Å². The Morgan fingerprint density at radius 3 is 2.70 bits per heavy atom. The minimum atomic E-state index is -0.0235. The lowest BCUT2D eigenvalue weighted by Crippen LogP contribution is -2.36. The Morgan fingerprint density at radius 2 is 1.87 bits per heavy atom. The van der Waals surface area contributed by atoms with Gasteiger partial charge in [-0.15, -0.1) is 0 Å². The first-order chi connectivity index (χ1) is 14.8. The van der Waals surface area contributed by atoms with Crippen molar-refractivity contribution < 1.29 is 4.74 Å². The summed E-state index contributed by atoms with van der Waals surface area (Å²) in [6, 6.07) is 14.4. The number of hydrogen-bond acceptors (Lipinski definition) is 5. The molecule has 3 heterocycles. The van der Waals surface area contributed by atoms with E-state index >= 15 is 0 Å². The number of nitrogens with one attached hydrogen (secondary N) is 1. The fourth-order valence-corrected chi connectivity index (χ4v) is 4.50. The summed E-state index contributed by atoms with van der Waals surface area (Å²) in [7, 11) is 0. The fourth-order valence-electron chi connectivity index (χ4n) is 4.50. The molecule has 0 bridgehead atoms. The quantitative estimate of drug-likeness (QED) is 0.707. The van der Waals surface area contributed by atoms with Gasteiger partial charge in [-0.1, -0.05) is 12.1 Å². The van der Waals surface area contributed by atoms with Gasteiger partial charge in [-0.05, 0) is 61.1 Å². The third kappa shape index (κ3) is 4.00. The lowest BCUT2D eigenvalue weighted by atomic mass is 9.91. The molecule has 1 fully saturated rings. The second-order valence-electron chi connectivity index (χ2n) is 8.16. The van der Waals surface area contributed by atoms with E-state index in [1.54, 1.807) is 29.2 Å². The maximum absolute atomic E-state index is 12.4. The van der Waals surface area contributed by atoms with Crippen LogP contribution in [0.2, 0.25) is 0 Å². The molecule has 0 unspecified atom stereocenters. The van der Waals surface area contributed by atoms with E-state index in [4.69, 9.17) is 4.74 Å². The Balaban J connectivity index is 1.20. The number of aromatic nitrogens is 3. The molecule has 2 aliphatic rings. The second-order valence-corrected chi connectivity index (χ2v) is 8.16. The Kier molecular flexibility index (Phi) is 5.32. The van der Waals surface area contributed by atoms with Crippen LogP contribution in [0.25, 0.3) is 11.3 Å². The largest absolute Gasteiger partial charge is 0.493 e. The highest BCUT2D eigenvalue weighted by molar-refractivity contribution is 5.57. The van der Waals surface area contributed by atoms with Gasteiger partial charge in [0, 0.05) is 43.0 Å². The van der Waals surface area contributed by atoms with Crippen molar-refractivity contribution in [3.05, 3.63) is 76.3 Å². The number of pyridine rings is 1. The van der Waals surface area contributed by atoms with Gasteiger partial charge >= 0.3 is 0 Å². The van der Waals surface area contributed by atoms with E-state index in [1.165, 1.54) is 11.1 Å². The van der Waals surface area contributed by atoms with E-state index in [-0.39, 0.29) is 11.6 Å². The smallest absolute Gasteiger partial charge is 0.267 e. The van der Waals surface area contributed by atoms with Crippen LogP contribution >= 0.6 is 0 Å². The van der Waals surface area contributed by atoms with Crippen LogP contribution in [-0.4, -0.2) is 27.4 Å². The van der Waals surface area contributed by atoms with Crippen LogP contribution in [0, 0.1) is 0 Å². The van der Waals surface area contributed by atoms with E-state index in [2.05, 4.69) is 33.6 Å². The molecular formula is C24H26N4O2. The van der Waals surface area contributed by atoms with Gasteiger partial charge in [0.2, 0.25) is 0 Å². The summed E-state index contributed by atoms with van der Waals surface area (Å²) in [4.78, 5) is 16.5. The third-order valence-corrected chi connectivity index (χ3v) is 6.19. The number of nitrogens with zero attached hydrogens (tertiary/aromatic N) is 3. The van der Waals surface area contributed by atoms with Crippen molar-refractivity contribution in [1.29, 1.82) is 0 Å². The van der Waals surface area contributed by atoms with E-state index in [0.717, 1.165) is 62.3 Å². The van der Waals surface area contributed by atoms with Crippen molar-refractivity contribution in [3.63, 3.8) is 0 Å². The maximum atomic E-state index is 12.4. The lowest BCUT2D eigenvalue weighted by Gasteiger charge is -2.30. The summed E-state index contributed by atoms with van der Waals surface area (Å²) in [6.07, 6.45) is 8.52. The Labute approximate surface area is 175 Å². The van der Waals surface area contributed by atoms with Gasteiger partial charge in [-0.2, -0.15) is 5.10 Å². The molecule has 0 radical (unpaired) electrons. The molecule has 6 heteroatoms. The molecule has 0 amide bonds. The number of ether oxygens (including phenoxy) is 1. The average Bonchev–Trinajstić information content (AvgIpc) is 3.27. The molecule has 0 spiro atoms. The summed E-state index contributed by atoms with van der Waals surface area (Å²) in [5, 5.41) is 8.36. The van der Waals surface area contributed by atoms with Gasteiger partial charge in [-0.25, -0.2) is 4.68 Å². The third-order valence-electron chi connectivity index (χ3n) is 6.19. The predicted molar refractivity (Wildman–Crippen MR) is 116 cm³/mol. The van der Waals surface area contributed by atoms with Crippen molar-refractivity contribution in [2.75, 3.05) is 6.61 Å². The van der Waals surface area contributed by atoms with Crippen molar-refractivity contribution in [1.82, 2.24) is 20.1 Å². The highest BCUT2D eigenvalue weighted by Crippen LogP contribution is 2.29. The first kappa shape index (κ1) is 19.0. The molecular weight excluding hydrogens is 376 g/mol. The maximum Gasteiger partial charge on any atom is 0.267 e. The van der Waals surface area contributed by atoms with Crippen LogP contribution in [0.5, 0.6) is 5.75 Å². The van der Waals surface area contributed by atoms with Gasteiger partial charge in [0.1, 0.15) is 5.75 Å². The summed E-state index contributed by atoms with van der Waals surface area (Å²) in [6.45, 7) is 1.67. The molecule has 1 saturated carbocycles. The molecule has 1 aliphatic heterocycles. The molecule has 30 heavy (non-hydrogen) atoms. The first-order valence-electron chi connectivity index (χ1n) is 10.7. The SMILES string of the molecule is O=c1ccc(-c2ccncc2)nn1C1CCC(NCc2ccc3c(c2)CCO3)CC1. The standard InChI is InChI=1S/C24H26N4O2/c29-24-8-6-22(18-9-12-25-13-10-18)27-28(24)21-4-2-20(3-5-21)26-16-17-1-7-23-19(15-17)11-14-30-23/h1,6-10,12-13,15,20-21,26H,2-5,11,14,16H2. The van der Waals surface area contributed by atoms with E-state index in [0.29, 0.717) is 6.04 Å². The fraction of sp³-hybridized carbons (Fsp3) is 0.375. The molecule has 2 aromatic heterocycles. The van der Waals surface area contributed by atoms with Crippen molar-refractivity contribution in [3.8, 4) is 17.0 Å². The monoisotopic (exact) mass is 402 g/mol. The van der Waals surface area contributed by atoms with Gasteiger partial charge in [-0.3, -0.25) is 9.78 Å². The van der Waals surface area contributed by atoms with Crippen LogP contribution < -0.4 is 15.6 Å². The topological polar surface area (TPSA) is 69.0 Å². The van der Waals surface area contributed by atoms with E-state index < -0.39 is 0 Å². The van der Waals surface area contributed by atoms with Crippen LogP contribution in [0.3, 0.4) is 0 Å². The van der Waals surface area contributed by atoms with E-state index in [1.807, 2.05) is 12.1 Å². The van der Waals surface area contributed by atoms with Crippen molar-refractivity contribution in [2.24, 2.45) is 0 Å². The molecule has 1 N–H and O–H groups in total. The number of benzene rings is 1. The van der Waals surface area contributed by atoms with Gasteiger partial charge in [0.15, 0.2) is 0 Å². The van der Waals surface area contributed by atoms with Gasteiger partial charge in [0.25, 0.3) is 5.56 Å². The minimum absolute atomic E-state index is 0.0235. The van der Waals surface area contributed by atoms with Crippen LogP contribution in [0.15, 0.2) is 59.7 Å². The molecule has 1 aromatic carbocycles. The zero-order valence-electron chi connectivity index (χ0n) is 17.0. The minimum Gasteiger partial charge on any atom is -0.493 e. The molecule has 1 aliphatic carbocycles. The molecule has 5 rings (SSSR count). The van der Waals surface area contributed by atoms with Crippen LogP contribution in [0.1, 0.15) is 42.9 Å². The molecule has 3 aromatic rings. The molecule has 6 nitrogen and oxygen atoms in total. The zero-order chi connectivity index (χ0) is 20.3. The molecule has 0 saturated heterocycles. The summed E-state index contributed by atoms with van der Waals surface area (Å²) < 4.78 is 7.28. The normalized spacial score (nSPS) is 20.5. The van der Waals surface area contributed by atoms with Gasteiger partial charge in [0.05, 0.1) is 18.3 Å². The Bertz CT molecular complexity index is 1070. The molecule has 154 valence electrons. The highest BCUT2D eigenvalue weighted by Gasteiger charge is 2.24. The van der Waals surface area contributed by atoms with Gasteiger partial charge < -0.3 is 10.1 Å². The average molecular weight is 402 g/mol. The number of hydrogen-bond donors (Lipinski definition) is 1. The lowest BCUT2D eigenvalue weighted by molar-refractivity contribution is 0.269. The predicted octanol–water partition coefficient (Wildman–Crippen LogP) is 3.51. The first-order valence-corrected chi connectivity index (χ1v) is 10.7. The van der Waals surface area contributed by atoms with Crippen LogP contribution in [0.4, 0.5) is 0 Å². The van der Waals surface area contributed by atoms with Crippen molar-refractivity contribution in [2.45, 2.75) is 50.7 Å². The Hall–Kier alpha value is -2.99. The van der Waals surface area contributed by atoms with Crippen molar-refractivity contribution >= 4 is 0 Å². The number of fused-ring (bicyclic) bond motifs is 1. The summed E-state index contributed by atoms with van der Waals surface area (Å²) >= 11 is 0.